The Balaban J connectivity index is 1.20. The van der Waals surface area contributed by atoms with E-state index >= 15 is 0 Å². The molecule has 1 fully saturated rings. The molecule has 3 aromatic carbocycles. The van der Waals surface area contributed by atoms with E-state index in [4.69, 9.17) is 9.72 Å². The first-order valence-electron chi connectivity index (χ1n) is 11.9. The first-order chi connectivity index (χ1) is 16.8. The first kappa shape index (κ1) is 22.0. The Labute approximate surface area is 200 Å². The molecule has 34 heavy (non-hydrogen) atoms. The summed E-state index contributed by atoms with van der Waals surface area (Å²) in [6, 6.07) is 28.2. The number of nitrogens with zero attached hydrogens (tertiary/aromatic N) is 3. The van der Waals surface area contributed by atoms with Crippen molar-refractivity contribution in [3.63, 3.8) is 0 Å². The van der Waals surface area contributed by atoms with E-state index in [2.05, 4.69) is 28.1 Å². The monoisotopic (exact) mass is 454 g/mol. The number of hydrogen-bond acceptors (Lipinski definition) is 3. The van der Waals surface area contributed by atoms with Crippen molar-refractivity contribution in [1.29, 1.82) is 0 Å². The number of carbonyl (C=O) groups excluding carboxylic acids is 1. The number of rotatable bonds is 7. The van der Waals surface area contributed by atoms with Crippen LogP contribution in [0.15, 0.2) is 84.9 Å². The van der Waals surface area contributed by atoms with Crippen LogP contribution in [-0.4, -0.2) is 33.6 Å². The van der Waals surface area contributed by atoms with Gasteiger partial charge in [-0.3, -0.25) is 0 Å². The van der Waals surface area contributed by atoms with Crippen molar-refractivity contribution in [2.75, 3.05) is 13.1 Å². The summed E-state index contributed by atoms with van der Waals surface area (Å²) in [4.78, 5) is 19.4. The molecule has 0 saturated carbocycles. The van der Waals surface area contributed by atoms with Crippen molar-refractivity contribution in [2.45, 2.75) is 32.5 Å². The summed E-state index contributed by atoms with van der Waals surface area (Å²) >= 11 is 0. The molecule has 1 aliphatic heterocycles. The lowest BCUT2D eigenvalue weighted by Gasteiger charge is -2.32. The van der Waals surface area contributed by atoms with Gasteiger partial charge >= 0.3 is 6.03 Å². The van der Waals surface area contributed by atoms with Crippen LogP contribution >= 0.6 is 0 Å². The molecule has 0 unspecified atom stereocenters. The molecule has 0 atom stereocenters. The Bertz CT molecular complexity index is 1220. The van der Waals surface area contributed by atoms with Crippen LogP contribution in [0.1, 0.15) is 24.2 Å². The molecule has 1 aromatic heterocycles. The fourth-order valence-corrected chi connectivity index (χ4v) is 4.57. The lowest BCUT2D eigenvalue weighted by molar-refractivity contribution is 0.164. The van der Waals surface area contributed by atoms with Crippen molar-refractivity contribution in [1.82, 2.24) is 19.8 Å². The van der Waals surface area contributed by atoms with Crippen molar-refractivity contribution in [3.8, 4) is 5.75 Å². The summed E-state index contributed by atoms with van der Waals surface area (Å²) < 4.78 is 8.32. The molecule has 5 rings (SSSR count). The lowest BCUT2D eigenvalue weighted by atomic mass is 9.96. The second kappa shape index (κ2) is 10.4. The number of urea groups is 1. The highest BCUT2D eigenvalue weighted by atomic mass is 16.5. The van der Waals surface area contributed by atoms with Gasteiger partial charge in [-0.05, 0) is 48.6 Å². The van der Waals surface area contributed by atoms with Gasteiger partial charge in [0.05, 0.1) is 11.0 Å². The predicted molar refractivity (Wildman–Crippen MR) is 133 cm³/mol. The fraction of sp³-hybridized carbons (Fsp3) is 0.286. The van der Waals surface area contributed by atoms with Gasteiger partial charge in [-0.15, -0.1) is 0 Å². The smallest absolute Gasteiger partial charge is 0.317 e. The largest absolute Gasteiger partial charge is 0.486 e. The zero-order valence-electron chi connectivity index (χ0n) is 19.3. The Morgan fingerprint density at radius 3 is 2.35 bits per heavy atom. The number of likely N-dealkylation sites (tertiary alicyclic amines) is 1. The quantitative estimate of drug-likeness (QED) is 0.416. The molecule has 2 heterocycles. The van der Waals surface area contributed by atoms with Gasteiger partial charge in [0.1, 0.15) is 18.2 Å². The summed E-state index contributed by atoms with van der Waals surface area (Å²) in [6.07, 6.45) is 1.95. The van der Waals surface area contributed by atoms with Crippen LogP contribution in [0.2, 0.25) is 0 Å². The SMILES string of the molecule is O=C(NCc1ccccc1)N1CCC(Cn2c(COc3ccccc3)nc3ccccc32)CC1. The molecule has 1 N–H and O–H groups in total. The van der Waals surface area contributed by atoms with E-state index in [9.17, 15) is 4.79 Å². The maximum atomic E-state index is 12.6. The molecule has 174 valence electrons. The van der Waals surface area contributed by atoms with E-state index < -0.39 is 0 Å². The van der Waals surface area contributed by atoms with E-state index in [1.807, 2.05) is 71.6 Å². The number of imidazole rings is 1. The Hall–Kier alpha value is -3.80. The van der Waals surface area contributed by atoms with E-state index in [0.717, 1.165) is 60.6 Å². The Morgan fingerprint density at radius 1 is 0.912 bits per heavy atom. The number of benzene rings is 3. The highest BCUT2D eigenvalue weighted by molar-refractivity contribution is 5.76. The molecule has 4 aromatic rings. The summed E-state index contributed by atoms with van der Waals surface area (Å²) in [7, 11) is 0. The molecule has 0 aliphatic carbocycles. The molecule has 1 aliphatic rings. The third kappa shape index (κ3) is 5.22. The number of piperidine rings is 1. The number of nitrogens with one attached hydrogen (secondary N) is 1. The number of para-hydroxylation sites is 3. The number of ether oxygens (including phenoxy) is 1. The standard InChI is InChI=1S/C28H30N4O2/c33-28(29-19-22-9-3-1-4-10-22)31-17-15-23(16-18-31)20-32-26-14-8-7-13-25(26)30-27(32)21-34-24-11-5-2-6-12-24/h1-14,23H,15-21H2,(H,29,33). The fourth-order valence-electron chi connectivity index (χ4n) is 4.57. The molecule has 2 amide bonds. The molecule has 0 radical (unpaired) electrons. The van der Waals surface area contributed by atoms with Crippen LogP contribution in [0.4, 0.5) is 4.79 Å². The minimum absolute atomic E-state index is 0.0207. The van der Waals surface area contributed by atoms with E-state index in [1.165, 1.54) is 0 Å². The molecular formula is C28H30N4O2. The van der Waals surface area contributed by atoms with Crippen LogP contribution < -0.4 is 10.1 Å². The van der Waals surface area contributed by atoms with Gasteiger partial charge < -0.3 is 19.5 Å². The Kier molecular flexibility index (Phi) is 6.75. The molecule has 0 spiro atoms. The summed E-state index contributed by atoms with van der Waals surface area (Å²) in [5, 5.41) is 3.05. The molecule has 1 saturated heterocycles. The van der Waals surface area contributed by atoms with Crippen molar-refractivity contribution < 1.29 is 9.53 Å². The number of amides is 2. The number of hydrogen-bond donors (Lipinski definition) is 1. The molecular weight excluding hydrogens is 424 g/mol. The number of fused-ring (bicyclic) bond motifs is 1. The summed E-state index contributed by atoms with van der Waals surface area (Å²) in [5.41, 5.74) is 3.24. The highest BCUT2D eigenvalue weighted by Crippen LogP contribution is 2.24. The van der Waals surface area contributed by atoms with Crippen LogP contribution in [0.3, 0.4) is 0 Å². The van der Waals surface area contributed by atoms with Crippen LogP contribution in [0.5, 0.6) is 5.75 Å². The van der Waals surface area contributed by atoms with Crippen molar-refractivity contribution in [2.24, 2.45) is 5.92 Å². The first-order valence-corrected chi connectivity index (χ1v) is 11.9. The van der Waals surface area contributed by atoms with Gasteiger partial charge in [-0.25, -0.2) is 9.78 Å². The second-order valence-corrected chi connectivity index (χ2v) is 8.80. The third-order valence-electron chi connectivity index (χ3n) is 6.47. The predicted octanol–water partition coefficient (Wildman–Crippen LogP) is 5.24. The summed E-state index contributed by atoms with van der Waals surface area (Å²) in [6.45, 7) is 3.42. The van der Waals surface area contributed by atoms with Gasteiger partial charge in [0, 0.05) is 26.2 Å². The van der Waals surface area contributed by atoms with Crippen LogP contribution in [-0.2, 0) is 19.7 Å². The second-order valence-electron chi connectivity index (χ2n) is 8.80. The minimum Gasteiger partial charge on any atom is -0.486 e. The minimum atomic E-state index is 0.0207. The maximum Gasteiger partial charge on any atom is 0.317 e. The average molecular weight is 455 g/mol. The van der Waals surface area contributed by atoms with Gasteiger partial charge in [-0.2, -0.15) is 0 Å². The third-order valence-corrected chi connectivity index (χ3v) is 6.47. The van der Waals surface area contributed by atoms with Gasteiger partial charge in [0.2, 0.25) is 0 Å². The molecule has 0 bridgehead atoms. The molecule has 6 nitrogen and oxygen atoms in total. The van der Waals surface area contributed by atoms with Gasteiger partial charge in [-0.1, -0.05) is 60.7 Å². The van der Waals surface area contributed by atoms with Crippen LogP contribution in [0.25, 0.3) is 11.0 Å². The highest BCUT2D eigenvalue weighted by Gasteiger charge is 2.24. The van der Waals surface area contributed by atoms with Crippen molar-refractivity contribution in [3.05, 3.63) is 96.3 Å². The average Bonchev–Trinajstić information content (AvgIpc) is 3.25. The number of carbonyl (C=O) groups is 1. The zero-order valence-corrected chi connectivity index (χ0v) is 19.3. The zero-order chi connectivity index (χ0) is 23.2. The van der Waals surface area contributed by atoms with Gasteiger partial charge in [0.15, 0.2) is 0 Å². The van der Waals surface area contributed by atoms with E-state index in [1.54, 1.807) is 0 Å². The van der Waals surface area contributed by atoms with Crippen LogP contribution in [0, 0.1) is 5.92 Å². The topological polar surface area (TPSA) is 59.4 Å². The normalized spacial score (nSPS) is 14.3. The maximum absolute atomic E-state index is 12.6. The Morgan fingerprint density at radius 2 is 1.59 bits per heavy atom. The number of aromatic nitrogens is 2. The van der Waals surface area contributed by atoms with E-state index in [0.29, 0.717) is 19.1 Å². The lowest BCUT2D eigenvalue weighted by Crippen LogP contribution is -2.44. The van der Waals surface area contributed by atoms with E-state index in [-0.39, 0.29) is 6.03 Å². The summed E-state index contributed by atoms with van der Waals surface area (Å²) in [5.74, 6) is 2.27. The molecule has 6 heteroatoms. The van der Waals surface area contributed by atoms with Gasteiger partial charge in [0.25, 0.3) is 0 Å². The van der Waals surface area contributed by atoms with Crippen molar-refractivity contribution >= 4 is 17.1 Å².